The van der Waals surface area contributed by atoms with Crippen LogP contribution < -0.4 is 0 Å². The molecule has 0 aliphatic rings. The number of allylic oxidation sites excluding steroid dienone is 26. The third-order valence-electron chi connectivity index (χ3n) is 10.8. The van der Waals surface area contributed by atoms with Gasteiger partial charge < -0.3 is 14.6 Å². The van der Waals surface area contributed by atoms with E-state index in [2.05, 4.69) is 172 Å². The number of aliphatic hydroxyl groups excluding tert-OH is 1. The van der Waals surface area contributed by atoms with Gasteiger partial charge in [0.05, 0.1) is 6.61 Å². The van der Waals surface area contributed by atoms with E-state index in [0.717, 1.165) is 116 Å². The highest BCUT2D eigenvalue weighted by molar-refractivity contribution is 5.70. The minimum Gasteiger partial charge on any atom is -0.462 e. The Morgan fingerprint density at radius 2 is 0.588 bits per heavy atom. The molecule has 0 amide bonds. The molecule has 0 aromatic heterocycles. The van der Waals surface area contributed by atoms with Crippen LogP contribution in [0.4, 0.5) is 0 Å². The summed E-state index contributed by atoms with van der Waals surface area (Å²) in [6.45, 7) is 3.86. The van der Waals surface area contributed by atoms with Gasteiger partial charge in [0.2, 0.25) is 0 Å². The van der Waals surface area contributed by atoms with Crippen molar-refractivity contribution in [1.82, 2.24) is 0 Å². The third-order valence-corrected chi connectivity index (χ3v) is 10.8. The average Bonchev–Trinajstić information content (AvgIpc) is 3.34. The summed E-state index contributed by atoms with van der Waals surface area (Å²) in [5.41, 5.74) is 0. The number of carbonyl (C=O) groups is 2. The van der Waals surface area contributed by atoms with Gasteiger partial charge in [0.15, 0.2) is 6.10 Å². The predicted octanol–water partition coefficient (Wildman–Crippen LogP) is 18.4. The van der Waals surface area contributed by atoms with Crippen LogP contribution in [0.15, 0.2) is 158 Å². The largest absolute Gasteiger partial charge is 0.462 e. The fourth-order valence-corrected chi connectivity index (χ4v) is 6.83. The second kappa shape index (κ2) is 56.8. The van der Waals surface area contributed by atoms with Gasteiger partial charge in [-0.15, -0.1) is 0 Å². The van der Waals surface area contributed by atoms with E-state index in [9.17, 15) is 14.7 Å². The lowest BCUT2D eigenvalue weighted by Gasteiger charge is -2.15. The van der Waals surface area contributed by atoms with E-state index >= 15 is 0 Å². The minimum absolute atomic E-state index is 0.0964. The van der Waals surface area contributed by atoms with Crippen molar-refractivity contribution in [3.8, 4) is 0 Å². The number of esters is 2. The second-order valence-electron chi connectivity index (χ2n) is 17.2. The van der Waals surface area contributed by atoms with Crippen LogP contribution in [0, 0.1) is 0 Å². The molecule has 1 unspecified atom stereocenters. The Hall–Kier alpha value is -4.48. The number of hydrogen-bond acceptors (Lipinski definition) is 5. The molecule has 5 heteroatoms. The van der Waals surface area contributed by atoms with E-state index in [1.165, 1.54) is 57.8 Å². The van der Waals surface area contributed by atoms with E-state index in [1.54, 1.807) is 0 Å². The first-order valence-electron chi connectivity index (χ1n) is 27.0. The maximum atomic E-state index is 12.3. The SMILES string of the molecule is CC/C=C\C/C=C\C/C=C\C/C=C\C/C=C\C/C=C\C/C=C\C/C=C\CCCCC(=O)OC(CO)COC(=O)CCCCCCCCCCCCC/C=C\C/C=C\C/C=C\C/C=C\C/C=C\CC. The normalized spacial score (nSPS) is 13.5. The molecule has 0 saturated heterocycles. The Labute approximate surface area is 418 Å². The van der Waals surface area contributed by atoms with Crippen LogP contribution in [0.1, 0.15) is 206 Å². The zero-order chi connectivity index (χ0) is 49.2. The summed E-state index contributed by atoms with van der Waals surface area (Å²) in [7, 11) is 0. The van der Waals surface area contributed by atoms with Gasteiger partial charge in [-0.2, -0.15) is 0 Å². The minimum atomic E-state index is -0.810. The van der Waals surface area contributed by atoms with Crippen molar-refractivity contribution in [2.45, 2.75) is 213 Å². The van der Waals surface area contributed by atoms with Crippen LogP contribution in [0.2, 0.25) is 0 Å². The van der Waals surface area contributed by atoms with Gasteiger partial charge in [0.25, 0.3) is 0 Å². The first kappa shape index (κ1) is 63.5. The molecule has 5 nitrogen and oxygen atoms in total. The standard InChI is InChI=1S/C63H98O5/c1-3-5-7-9-11-13-15-17-19-21-23-25-27-29-31-33-35-37-39-41-43-45-47-49-51-53-55-57-62(65)67-60-61(59-64)68-63(66)58-56-54-52-50-48-46-44-42-40-38-36-34-32-30-28-26-24-22-20-18-16-14-12-10-8-6-4-2/h5-8,11-14,17-20,23-26,29-32,36,38,42,44,48,50,61,64H,3-4,9-10,15-16,21-22,27-28,33-35,37,39-41,43,45-47,49,51-60H2,1-2H3/b7-5-,8-6-,13-11-,14-12-,19-17-,20-18-,25-23-,26-24-,31-29-,32-30-,38-36-,44-42-,50-48-. The lowest BCUT2D eigenvalue weighted by atomic mass is 10.0. The number of aliphatic hydroxyl groups is 1. The fourth-order valence-electron chi connectivity index (χ4n) is 6.83. The maximum Gasteiger partial charge on any atom is 0.306 e. The zero-order valence-corrected chi connectivity index (χ0v) is 43.3. The van der Waals surface area contributed by atoms with E-state index < -0.39 is 6.10 Å². The maximum absolute atomic E-state index is 12.3. The molecule has 0 aliphatic heterocycles. The number of rotatable bonds is 47. The summed E-state index contributed by atoms with van der Waals surface area (Å²) in [6.07, 6.45) is 87.7. The molecular weight excluding hydrogens is 837 g/mol. The molecule has 0 radical (unpaired) electrons. The van der Waals surface area contributed by atoms with E-state index in [4.69, 9.17) is 9.47 Å². The number of ether oxygens (including phenoxy) is 2. The van der Waals surface area contributed by atoms with Gasteiger partial charge in [-0.1, -0.05) is 230 Å². The number of hydrogen-bond donors (Lipinski definition) is 1. The van der Waals surface area contributed by atoms with Crippen LogP contribution in [0.5, 0.6) is 0 Å². The van der Waals surface area contributed by atoms with Crippen LogP contribution in [-0.2, 0) is 19.1 Å². The summed E-state index contributed by atoms with van der Waals surface area (Å²) in [5.74, 6) is -0.658. The Morgan fingerprint density at radius 3 is 0.912 bits per heavy atom. The highest BCUT2D eigenvalue weighted by Crippen LogP contribution is 2.14. The Kier molecular flexibility index (Phi) is 53.1. The van der Waals surface area contributed by atoms with Gasteiger partial charge in [-0.25, -0.2) is 0 Å². The summed E-state index contributed by atoms with van der Waals surface area (Å²) < 4.78 is 10.7. The molecule has 0 saturated carbocycles. The van der Waals surface area contributed by atoms with Crippen LogP contribution in [0.3, 0.4) is 0 Å². The number of unbranched alkanes of at least 4 members (excludes halogenated alkanes) is 13. The van der Waals surface area contributed by atoms with E-state index in [0.29, 0.717) is 12.8 Å². The molecule has 0 fully saturated rings. The highest BCUT2D eigenvalue weighted by Gasteiger charge is 2.16. The lowest BCUT2D eigenvalue weighted by molar-refractivity contribution is -0.161. The van der Waals surface area contributed by atoms with Crippen molar-refractivity contribution in [3.05, 3.63) is 158 Å². The molecule has 0 aliphatic carbocycles. The van der Waals surface area contributed by atoms with Crippen molar-refractivity contribution in [3.63, 3.8) is 0 Å². The van der Waals surface area contributed by atoms with E-state index in [-0.39, 0.29) is 31.6 Å². The molecule has 380 valence electrons. The molecule has 1 atom stereocenters. The molecule has 0 aromatic rings. The molecule has 68 heavy (non-hydrogen) atoms. The Morgan fingerprint density at radius 1 is 0.338 bits per heavy atom. The third kappa shape index (κ3) is 54.1. The quantitative estimate of drug-likeness (QED) is 0.0374. The molecule has 1 N–H and O–H groups in total. The zero-order valence-electron chi connectivity index (χ0n) is 43.3. The first-order valence-corrected chi connectivity index (χ1v) is 27.0. The Bertz CT molecular complexity index is 1520. The Balaban J connectivity index is 3.66. The molecular formula is C63H98O5. The molecule has 0 bridgehead atoms. The smallest absolute Gasteiger partial charge is 0.306 e. The predicted molar refractivity (Wildman–Crippen MR) is 297 cm³/mol. The average molecular weight is 935 g/mol. The highest BCUT2D eigenvalue weighted by atomic mass is 16.6. The van der Waals surface area contributed by atoms with Gasteiger partial charge >= 0.3 is 11.9 Å². The summed E-state index contributed by atoms with van der Waals surface area (Å²) >= 11 is 0. The van der Waals surface area contributed by atoms with Crippen molar-refractivity contribution in [2.24, 2.45) is 0 Å². The molecule has 0 heterocycles. The van der Waals surface area contributed by atoms with Crippen LogP contribution in [-0.4, -0.2) is 36.4 Å². The van der Waals surface area contributed by atoms with Gasteiger partial charge in [-0.3, -0.25) is 9.59 Å². The topological polar surface area (TPSA) is 72.8 Å². The van der Waals surface area contributed by atoms with Crippen molar-refractivity contribution in [1.29, 1.82) is 0 Å². The monoisotopic (exact) mass is 935 g/mol. The number of carbonyl (C=O) groups excluding carboxylic acids is 2. The second-order valence-corrected chi connectivity index (χ2v) is 17.2. The fraction of sp³-hybridized carbons (Fsp3) is 0.556. The van der Waals surface area contributed by atoms with Gasteiger partial charge in [0, 0.05) is 12.8 Å². The van der Waals surface area contributed by atoms with Gasteiger partial charge in [0.1, 0.15) is 6.61 Å². The molecule has 0 rings (SSSR count). The summed E-state index contributed by atoms with van der Waals surface area (Å²) in [4.78, 5) is 24.5. The van der Waals surface area contributed by atoms with Crippen molar-refractivity contribution < 1.29 is 24.2 Å². The van der Waals surface area contributed by atoms with Crippen LogP contribution >= 0.6 is 0 Å². The van der Waals surface area contributed by atoms with Gasteiger partial charge in [-0.05, 0) is 122 Å². The molecule has 0 aromatic carbocycles. The molecule has 0 spiro atoms. The van der Waals surface area contributed by atoms with Crippen LogP contribution in [0.25, 0.3) is 0 Å². The lowest BCUT2D eigenvalue weighted by Crippen LogP contribution is -2.28. The first-order chi connectivity index (χ1) is 33.6. The summed E-state index contributed by atoms with van der Waals surface area (Å²) in [6, 6.07) is 0. The van der Waals surface area contributed by atoms with Crippen molar-refractivity contribution in [2.75, 3.05) is 13.2 Å². The van der Waals surface area contributed by atoms with E-state index in [1.807, 2.05) is 0 Å². The summed E-state index contributed by atoms with van der Waals surface area (Å²) in [5, 5.41) is 9.64. The van der Waals surface area contributed by atoms with Crippen molar-refractivity contribution >= 4 is 11.9 Å².